The Hall–Kier alpha value is -1.79. The molecule has 2 heterocycles. The first-order valence-electron chi connectivity index (χ1n) is 6.72. The summed E-state index contributed by atoms with van der Waals surface area (Å²) >= 11 is 0. The molecule has 1 saturated heterocycles. The smallest absolute Gasteiger partial charge is 0.126 e. The Kier molecular flexibility index (Phi) is 3.75. The van der Waals surface area contributed by atoms with E-state index in [-0.39, 0.29) is 18.0 Å². The minimum Gasteiger partial charge on any atom is -0.376 e. The highest BCUT2D eigenvalue weighted by atomic mass is 19.1. The molecule has 5 nitrogen and oxygen atoms in total. The van der Waals surface area contributed by atoms with E-state index in [9.17, 15) is 4.39 Å². The van der Waals surface area contributed by atoms with Crippen LogP contribution < -0.4 is 5.32 Å². The number of nitrogens with zero attached hydrogens (tertiary/aromatic N) is 3. The lowest BCUT2D eigenvalue weighted by Gasteiger charge is -2.28. The van der Waals surface area contributed by atoms with Gasteiger partial charge >= 0.3 is 0 Å². The van der Waals surface area contributed by atoms with Gasteiger partial charge < -0.3 is 10.1 Å². The highest BCUT2D eigenvalue weighted by molar-refractivity contribution is 5.35. The number of morpholine rings is 1. The van der Waals surface area contributed by atoms with E-state index >= 15 is 0 Å². The predicted molar refractivity (Wildman–Crippen MR) is 72.2 cm³/mol. The van der Waals surface area contributed by atoms with Crippen LogP contribution in [0.5, 0.6) is 0 Å². The molecule has 0 bridgehead atoms. The van der Waals surface area contributed by atoms with E-state index in [0.29, 0.717) is 18.6 Å². The van der Waals surface area contributed by atoms with Gasteiger partial charge in [-0.3, -0.25) is 0 Å². The molecule has 2 atom stereocenters. The van der Waals surface area contributed by atoms with Crippen LogP contribution in [0.1, 0.15) is 12.5 Å². The van der Waals surface area contributed by atoms with Gasteiger partial charge in [0.15, 0.2) is 0 Å². The van der Waals surface area contributed by atoms with Gasteiger partial charge in [-0.2, -0.15) is 15.0 Å². The molecular weight excluding hydrogens is 259 g/mol. The van der Waals surface area contributed by atoms with Crippen molar-refractivity contribution in [2.24, 2.45) is 0 Å². The molecule has 1 fully saturated rings. The summed E-state index contributed by atoms with van der Waals surface area (Å²) in [4.78, 5) is 1.48. The molecule has 106 valence electrons. The summed E-state index contributed by atoms with van der Waals surface area (Å²) < 4.78 is 19.5. The lowest BCUT2D eigenvalue weighted by molar-refractivity contribution is 0.0154. The highest BCUT2D eigenvalue weighted by Gasteiger charge is 2.19. The summed E-state index contributed by atoms with van der Waals surface area (Å²) in [6.45, 7) is 3.42. The van der Waals surface area contributed by atoms with Gasteiger partial charge in [-0.25, -0.2) is 4.39 Å². The molecule has 1 N–H and O–H groups in total. The molecule has 3 rings (SSSR count). The van der Waals surface area contributed by atoms with Crippen molar-refractivity contribution in [1.29, 1.82) is 0 Å². The first kappa shape index (κ1) is 13.2. The van der Waals surface area contributed by atoms with Gasteiger partial charge in [0.05, 0.1) is 30.8 Å². The van der Waals surface area contributed by atoms with Crippen molar-refractivity contribution in [2.75, 3.05) is 13.2 Å². The van der Waals surface area contributed by atoms with Crippen molar-refractivity contribution in [2.45, 2.75) is 25.5 Å². The van der Waals surface area contributed by atoms with Gasteiger partial charge in [0.1, 0.15) is 5.82 Å². The number of halogens is 1. The largest absolute Gasteiger partial charge is 0.376 e. The zero-order valence-corrected chi connectivity index (χ0v) is 11.3. The molecular formula is C14H17FN4O. The average molecular weight is 276 g/mol. The molecule has 1 aliphatic heterocycles. The Balaban J connectivity index is 1.77. The maximum absolute atomic E-state index is 13.9. The molecule has 2 aromatic rings. The molecule has 6 heteroatoms. The molecule has 1 aromatic heterocycles. The van der Waals surface area contributed by atoms with E-state index in [1.165, 1.54) is 10.9 Å². The third-order valence-corrected chi connectivity index (χ3v) is 3.42. The number of aromatic nitrogens is 3. The number of hydrogen-bond donors (Lipinski definition) is 1. The minimum atomic E-state index is -0.207. The average Bonchev–Trinajstić information content (AvgIpc) is 2.98. The molecule has 0 aliphatic carbocycles. The van der Waals surface area contributed by atoms with Crippen LogP contribution in [0.15, 0.2) is 30.6 Å². The minimum absolute atomic E-state index is 0.140. The molecule has 0 unspecified atom stereocenters. The predicted octanol–water partition coefficient (Wildman–Crippen LogP) is 1.33. The molecule has 1 aliphatic rings. The van der Waals surface area contributed by atoms with Gasteiger partial charge in [0.25, 0.3) is 0 Å². The zero-order chi connectivity index (χ0) is 13.9. The first-order chi connectivity index (χ1) is 9.72. The van der Waals surface area contributed by atoms with Crippen LogP contribution in [-0.4, -0.2) is 40.3 Å². The van der Waals surface area contributed by atoms with E-state index in [1.807, 2.05) is 6.92 Å². The number of ether oxygens (including phenoxy) is 1. The summed E-state index contributed by atoms with van der Waals surface area (Å²) in [5, 5.41) is 11.5. The van der Waals surface area contributed by atoms with Gasteiger partial charge in [-0.05, 0) is 37.1 Å². The maximum Gasteiger partial charge on any atom is 0.126 e. The van der Waals surface area contributed by atoms with Crippen molar-refractivity contribution in [3.63, 3.8) is 0 Å². The molecule has 0 amide bonds. The van der Waals surface area contributed by atoms with E-state index in [0.717, 1.165) is 12.2 Å². The monoisotopic (exact) mass is 276 g/mol. The highest BCUT2D eigenvalue weighted by Crippen LogP contribution is 2.16. The third kappa shape index (κ3) is 2.86. The van der Waals surface area contributed by atoms with Crippen molar-refractivity contribution >= 4 is 0 Å². The zero-order valence-electron chi connectivity index (χ0n) is 11.3. The van der Waals surface area contributed by atoms with Crippen LogP contribution in [0.3, 0.4) is 0 Å². The summed E-state index contributed by atoms with van der Waals surface area (Å²) in [5.41, 5.74) is 1.41. The fraction of sp³-hybridized carbons (Fsp3) is 0.429. The summed E-state index contributed by atoms with van der Waals surface area (Å²) in [6, 6.07) is 5.06. The Bertz CT molecular complexity index is 565. The van der Waals surface area contributed by atoms with Gasteiger partial charge in [0, 0.05) is 12.6 Å². The summed E-state index contributed by atoms with van der Waals surface area (Å²) in [6.07, 6.45) is 4.01. The third-order valence-electron chi connectivity index (χ3n) is 3.42. The first-order valence-corrected chi connectivity index (χ1v) is 6.72. The quantitative estimate of drug-likeness (QED) is 0.919. The summed E-state index contributed by atoms with van der Waals surface area (Å²) in [5.74, 6) is -0.207. The summed E-state index contributed by atoms with van der Waals surface area (Å²) in [7, 11) is 0. The Morgan fingerprint density at radius 3 is 2.90 bits per heavy atom. The SMILES string of the molecule is C[C@@H]1CN[C@H](Cc2cc(-n3nccn3)ccc2F)CO1. The van der Waals surface area contributed by atoms with E-state index in [4.69, 9.17) is 4.74 Å². The molecule has 0 saturated carbocycles. The molecule has 0 radical (unpaired) electrons. The van der Waals surface area contributed by atoms with E-state index in [2.05, 4.69) is 15.5 Å². The van der Waals surface area contributed by atoms with Gasteiger partial charge in [-0.15, -0.1) is 0 Å². The fourth-order valence-electron chi connectivity index (χ4n) is 2.32. The molecule has 20 heavy (non-hydrogen) atoms. The standard InChI is InChI=1S/C14H17FN4O/c1-10-8-16-12(9-20-10)6-11-7-13(2-3-14(11)15)19-17-4-5-18-19/h2-5,7,10,12,16H,6,8-9H2,1H3/t10-,12-/m1/s1. The van der Waals surface area contributed by atoms with Crippen LogP contribution >= 0.6 is 0 Å². The van der Waals surface area contributed by atoms with Crippen molar-refractivity contribution < 1.29 is 9.13 Å². The number of hydrogen-bond acceptors (Lipinski definition) is 4. The topological polar surface area (TPSA) is 52.0 Å². The van der Waals surface area contributed by atoms with Gasteiger partial charge in [-0.1, -0.05) is 0 Å². The number of benzene rings is 1. The van der Waals surface area contributed by atoms with Crippen LogP contribution in [0, 0.1) is 5.82 Å². The Morgan fingerprint density at radius 1 is 1.40 bits per heavy atom. The number of nitrogens with one attached hydrogen (secondary N) is 1. The number of rotatable bonds is 3. The van der Waals surface area contributed by atoms with Crippen LogP contribution in [0.4, 0.5) is 4.39 Å². The van der Waals surface area contributed by atoms with E-state index in [1.54, 1.807) is 24.5 Å². The van der Waals surface area contributed by atoms with Crippen LogP contribution in [0.2, 0.25) is 0 Å². The lowest BCUT2D eigenvalue weighted by atomic mass is 10.0. The van der Waals surface area contributed by atoms with Crippen molar-refractivity contribution in [1.82, 2.24) is 20.3 Å². The Morgan fingerprint density at radius 2 is 2.20 bits per heavy atom. The second kappa shape index (κ2) is 5.68. The van der Waals surface area contributed by atoms with Crippen LogP contribution in [0.25, 0.3) is 5.69 Å². The fourth-order valence-corrected chi connectivity index (χ4v) is 2.32. The van der Waals surface area contributed by atoms with Crippen molar-refractivity contribution in [3.8, 4) is 5.69 Å². The van der Waals surface area contributed by atoms with Gasteiger partial charge in [0.2, 0.25) is 0 Å². The van der Waals surface area contributed by atoms with Crippen LogP contribution in [-0.2, 0) is 11.2 Å². The Labute approximate surface area is 116 Å². The second-order valence-electron chi connectivity index (χ2n) is 5.05. The lowest BCUT2D eigenvalue weighted by Crippen LogP contribution is -2.46. The second-order valence-corrected chi connectivity index (χ2v) is 5.05. The molecule has 0 spiro atoms. The van der Waals surface area contributed by atoms with Crippen molar-refractivity contribution in [3.05, 3.63) is 42.0 Å². The maximum atomic E-state index is 13.9. The normalized spacial score (nSPS) is 22.9. The van der Waals surface area contributed by atoms with E-state index < -0.39 is 0 Å². The molecule has 1 aromatic carbocycles.